The van der Waals surface area contributed by atoms with Crippen molar-refractivity contribution in [2.24, 2.45) is 5.73 Å². The molecular formula is C11H14N3O3+. The number of carboxylic acid groups (broad SMARTS) is 1. The van der Waals surface area contributed by atoms with Crippen LogP contribution >= 0.6 is 0 Å². The molecule has 0 saturated carbocycles. The standard InChI is InChI=1S/C11H13N3O3/c12-11(7-14-4-2-1-3-5-14)6-8(9(15)16)13-10(11)17/h1-5,8H,6-7,12H2,(H-,13,15,16,17)/p+1/t8-,11?/m1/s1. The first-order chi connectivity index (χ1) is 8.01. The number of aliphatic carboxylic acids is 1. The average Bonchev–Trinajstić information content (AvgIpc) is 2.57. The monoisotopic (exact) mass is 236 g/mol. The number of nitrogens with zero attached hydrogens (tertiary/aromatic N) is 1. The van der Waals surface area contributed by atoms with Crippen molar-refractivity contribution in [3.63, 3.8) is 0 Å². The first kappa shape index (κ1) is 11.5. The number of hydrogen-bond donors (Lipinski definition) is 3. The molecule has 2 atom stereocenters. The summed E-state index contributed by atoms with van der Waals surface area (Å²) >= 11 is 0. The van der Waals surface area contributed by atoms with E-state index in [-0.39, 0.29) is 13.0 Å². The molecule has 0 aliphatic carbocycles. The van der Waals surface area contributed by atoms with Crippen LogP contribution in [-0.2, 0) is 16.1 Å². The van der Waals surface area contributed by atoms with Crippen molar-refractivity contribution >= 4 is 11.9 Å². The highest BCUT2D eigenvalue weighted by Gasteiger charge is 2.49. The van der Waals surface area contributed by atoms with Gasteiger partial charge in [-0.05, 0) is 0 Å². The third-order valence-corrected chi connectivity index (χ3v) is 2.87. The zero-order valence-electron chi connectivity index (χ0n) is 9.17. The van der Waals surface area contributed by atoms with Crippen molar-refractivity contribution in [1.29, 1.82) is 0 Å². The minimum Gasteiger partial charge on any atom is -0.480 e. The molecule has 6 heteroatoms. The molecule has 6 nitrogen and oxygen atoms in total. The lowest BCUT2D eigenvalue weighted by Crippen LogP contribution is -2.57. The number of nitrogens with one attached hydrogen (secondary N) is 1. The van der Waals surface area contributed by atoms with E-state index in [4.69, 9.17) is 10.8 Å². The van der Waals surface area contributed by atoms with E-state index in [1.54, 1.807) is 17.0 Å². The molecule has 0 bridgehead atoms. The van der Waals surface area contributed by atoms with Gasteiger partial charge in [-0.3, -0.25) is 4.79 Å². The Balaban J connectivity index is 2.15. The van der Waals surface area contributed by atoms with Gasteiger partial charge in [-0.25, -0.2) is 9.36 Å². The smallest absolute Gasteiger partial charge is 0.326 e. The van der Waals surface area contributed by atoms with E-state index in [9.17, 15) is 9.59 Å². The number of rotatable bonds is 3. The zero-order valence-corrected chi connectivity index (χ0v) is 9.17. The van der Waals surface area contributed by atoms with Gasteiger partial charge in [-0.1, -0.05) is 6.07 Å². The van der Waals surface area contributed by atoms with Crippen molar-refractivity contribution in [2.45, 2.75) is 24.5 Å². The summed E-state index contributed by atoms with van der Waals surface area (Å²) in [7, 11) is 0. The summed E-state index contributed by atoms with van der Waals surface area (Å²) < 4.78 is 1.77. The van der Waals surface area contributed by atoms with E-state index in [1.807, 2.05) is 18.2 Å². The minimum absolute atomic E-state index is 0.100. The zero-order chi connectivity index (χ0) is 12.5. The van der Waals surface area contributed by atoms with Crippen LogP contribution in [0.2, 0.25) is 0 Å². The van der Waals surface area contributed by atoms with Gasteiger partial charge in [0, 0.05) is 18.6 Å². The third-order valence-electron chi connectivity index (χ3n) is 2.87. The molecule has 1 unspecified atom stereocenters. The molecule has 2 heterocycles. The number of nitrogens with two attached hydrogens (primary N) is 1. The van der Waals surface area contributed by atoms with Crippen LogP contribution in [0.4, 0.5) is 0 Å². The molecule has 90 valence electrons. The van der Waals surface area contributed by atoms with Crippen LogP contribution in [0.15, 0.2) is 30.6 Å². The number of aromatic nitrogens is 1. The predicted molar refractivity (Wildman–Crippen MR) is 57.7 cm³/mol. The van der Waals surface area contributed by atoms with E-state index < -0.39 is 23.5 Å². The van der Waals surface area contributed by atoms with E-state index in [1.165, 1.54) is 0 Å². The molecule has 1 amide bonds. The van der Waals surface area contributed by atoms with E-state index in [2.05, 4.69) is 5.32 Å². The fourth-order valence-electron chi connectivity index (χ4n) is 1.96. The van der Waals surface area contributed by atoms with Crippen LogP contribution < -0.4 is 15.6 Å². The topological polar surface area (TPSA) is 96.3 Å². The largest absolute Gasteiger partial charge is 0.480 e. The maximum atomic E-state index is 11.7. The number of amides is 1. The Hall–Kier alpha value is -1.95. The molecule has 1 fully saturated rings. The normalized spacial score (nSPS) is 27.8. The fraction of sp³-hybridized carbons (Fsp3) is 0.364. The lowest BCUT2D eigenvalue weighted by Gasteiger charge is -2.16. The minimum atomic E-state index is -1.16. The maximum Gasteiger partial charge on any atom is 0.326 e. The Morgan fingerprint density at radius 3 is 2.71 bits per heavy atom. The molecule has 1 saturated heterocycles. The van der Waals surface area contributed by atoms with E-state index in [0.29, 0.717) is 0 Å². The van der Waals surface area contributed by atoms with Gasteiger partial charge in [-0.15, -0.1) is 0 Å². The highest BCUT2D eigenvalue weighted by Crippen LogP contribution is 2.18. The molecule has 2 rings (SSSR count). The van der Waals surface area contributed by atoms with Crippen molar-refractivity contribution < 1.29 is 19.3 Å². The van der Waals surface area contributed by atoms with Gasteiger partial charge >= 0.3 is 5.97 Å². The number of hydrogen-bond acceptors (Lipinski definition) is 3. The van der Waals surface area contributed by atoms with Crippen LogP contribution in [0.1, 0.15) is 6.42 Å². The van der Waals surface area contributed by atoms with Gasteiger partial charge in [0.05, 0.1) is 0 Å². The maximum absolute atomic E-state index is 11.7. The second kappa shape index (κ2) is 4.14. The summed E-state index contributed by atoms with van der Waals surface area (Å²) in [6.45, 7) is 0.267. The molecule has 1 aliphatic rings. The highest BCUT2D eigenvalue weighted by atomic mass is 16.4. The van der Waals surface area contributed by atoms with E-state index >= 15 is 0 Å². The van der Waals surface area contributed by atoms with Crippen LogP contribution in [0.5, 0.6) is 0 Å². The molecule has 4 N–H and O–H groups in total. The molecule has 0 aromatic carbocycles. The summed E-state index contributed by atoms with van der Waals surface area (Å²) in [4.78, 5) is 22.5. The molecule has 1 aromatic heterocycles. The van der Waals surface area contributed by atoms with Gasteiger partial charge in [0.1, 0.15) is 6.04 Å². The second-order valence-electron chi connectivity index (χ2n) is 4.27. The Kier molecular flexibility index (Phi) is 2.81. The van der Waals surface area contributed by atoms with Crippen LogP contribution in [-0.4, -0.2) is 28.6 Å². The molecule has 0 radical (unpaired) electrons. The summed E-state index contributed by atoms with van der Waals surface area (Å²) in [6.07, 6.45) is 3.68. The van der Waals surface area contributed by atoms with E-state index in [0.717, 1.165) is 0 Å². The van der Waals surface area contributed by atoms with Gasteiger partial charge in [0.15, 0.2) is 24.5 Å². The summed E-state index contributed by atoms with van der Waals surface area (Å²) in [5.74, 6) is -1.47. The molecular weight excluding hydrogens is 222 g/mol. The SMILES string of the molecule is NC1(C[n+]2ccccc2)C[C@H](C(=O)O)NC1=O. The van der Waals surface area contributed by atoms with Crippen molar-refractivity contribution in [1.82, 2.24) is 5.32 Å². The van der Waals surface area contributed by atoms with Gasteiger partial charge in [0.25, 0.3) is 0 Å². The Morgan fingerprint density at radius 1 is 1.53 bits per heavy atom. The first-order valence-corrected chi connectivity index (χ1v) is 5.28. The van der Waals surface area contributed by atoms with Crippen molar-refractivity contribution in [2.75, 3.05) is 0 Å². The third kappa shape index (κ3) is 2.26. The quantitative estimate of drug-likeness (QED) is 0.565. The summed E-state index contributed by atoms with van der Waals surface area (Å²) in [5.41, 5.74) is 4.81. The Labute approximate surface area is 98.1 Å². The molecule has 0 spiro atoms. The lowest BCUT2D eigenvalue weighted by atomic mass is 9.96. The van der Waals surface area contributed by atoms with Crippen LogP contribution in [0.25, 0.3) is 0 Å². The van der Waals surface area contributed by atoms with Gasteiger partial charge in [-0.2, -0.15) is 0 Å². The van der Waals surface area contributed by atoms with Crippen molar-refractivity contribution in [3.8, 4) is 0 Å². The summed E-state index contributed by atoms with van der Waals surface area (Å²) in [5, 5.41) is 11.2. The Bertz CT molecular complexity index is 449. The van der Waals surface area contributed by atoms with Crippen LogP contribution in [0.3, 0.4) is 0 Å². The van der Waals surface area contributed by atoms with Crippen molar-refractivity contribution in [3.05, 3.63) is 30.6 Å². The predicted octanol–water partition coefficient (Wildman–Crippen LogP) is -1.36. The van der Waals surface area contributed by atoms with Crippen LogP contribution in [0, 0.1) is 0 Å². The second-order valence-corrected chi connectivity index (χ2v) is 4.27. The van der Waals surface area contributed by atoms with Gasteiger partial charge in [0.2, 0.25) is 5.91 Å². The number of carboxylic acids is 1. The number of carbonyl (C=O) groups excluding carboxylic acids is 1. The number of pyridine rings is 1. The highest BCUT2D eigenvalue weighted by molar-refractivity contribution is 5.94. The molecule has 1 aliphatic heterocycles. The fourth-order valence-corrected chi connectivity index (χ4v) is 1.96. The summed E-state index contributed by atoms with van der Waals surface area (Å²) in [6, 6.07) is 4.61. The molecule has 17 heavy (non-hydrogen) atoms. The van der Waals surface area contributed by atoms with Gasteiger partial charge < -0.3 is 16.2 Å². The Morgan fingerprint density at radius 2 is 2.18 bits per heavy atom. The average molecular weight is 236 g/mol. The number of carbonyl (C=O) groups is 2. The molecule has 1 aromatic rings. The lowest BCUT2D eigenvalue weighted by molar-refractivity contribution is -0.701. The first-order valence-electron chi connectivity index (χ1n) is 5.28.